The molecule has 1 saturated heterocycles. The van der Waals surface area contributed by atoms with E-state index in [0.717, 1.165) is 28.7 Å². The van der Waals surface area contributed by atoms with Gasteiger partial charge in [0.1, 0.15) is 12.6 Å². The lowest BCUT2D eigenvalue weighted by atomic mass is 9.92. The minimum Gasteiger partial charge on any atom is -0.480 e. The molecular formula is C26H30N2O5. The van der Waals surface area contributed by atoms with Crippen LogP contribution in [0.4, 0.5) is 4.79 Å². The Hall–Kier alpha value is -3.35. The summed E-state index contributed by atoms with van der Waals surface area (Å²) in [5.74, 6) is -1.01. The fourth-order valence-corrected chi connectivity index (χ4v) is 4.95. The van der Waals surface area contributed by atoms with Crippen LogP contribution in [-0.2, 0) is 14.3 Å². The Labute approximate surface area is 193 Å². The van der Waals surface area contributed by atoms with E-state index in [1.54, 1.807) is 6.92 Å². The topological polar surface area (TPSA) is 95.9 Å². The van der Waals surface area contributed by atoms with E-state index in [4.69, 9.17) is 4.74 Å². The van der Waals surface area contributed by atoms with E-state index >= 15 is 0 Å². The van der Waals surface area contributed by atoms with Crippen LogP contribution in [0.2, 0.25) is 0 Å². The Morgan fingerprint density at radius 3 is 2.30 bits per heavy atom. The second-order valence-corrected chi connectivity index (χ2v) is 9.15. The van der Waals surface area contributed by atoms with E-state index in [0.29, 0.717) is 13.0 Å². The molecule has 0 saturated carbocycles. The predicted octanol–water partition coefficient (Wildman–Crippen LogP) is 4.02. The highest BCUT2D eigenvalue weighted by atomic mass is 16.5. The molecular weight excluding hydrogens is 420 g/mol. The third-order valence-electron chi connectivity index (χ3n) is 6.66. The lowest BCUT2D eigenvalue weighted by Gasteiger charge is -2.36. The Kier molecular flexibility index (Phi) is 6.67. The average molecular weight is 451 g/mol. The highest BCUT2D eigenvalue weighted by Crippen LogP contribution is 2.44. The first-order chi connectivity index (χ1) is 15.8. The average Bonchev–Trinajstić information content (AvgIpc) is 3.11. The molecule has 2 N–H and O–H groups in total. The Morgan fingerprint density at radius 2 is 1.70 bits per heavy atom. The molecule has 7 nitrogen and oxygen atoms in total. The number of hydrogen-bond acceptors (Lipinski definition) is 4. The second-order valence-electron chi connectivity index (χ2n) is 9.15. The zero-order chi connectivity index (χ0) is 23.5. The van der Waals surface area contributed by atoms with Gasteiger partial charge in [-0.1, -0.05) is 55.5 Å². The van der Waals surface area contributed by atoms with Crippen molar-refractivity contribution in [1.82, 2.24) is 10.2 Å². The molecule has 1 fully saturated rings. The van der Waals surface area contributed by atoms with Gasteiger partial charge in [0.05, 0.1) is 0 Å². The summed E-state index contributed by atoms with van der Waals surface area (Å²) in [6.07, 6.45) is 0.681. The number of carbonyl (C=O) groups is 3. The van der Waals surface area contributed by atoms with Crippen molar-refractivity contribution in [3.63, 3.8) is 0 Å². The van der Waals surface area contributed by atoms with E-state index in [-0.39, 0.29) is 30.8 Å². The first kappa shape index (κ1) is 22.8. The molecule has 3 atom stereocenters. The van der Waals surface area contributed by atoms with Gasteiger partial charge in [0, 0.05) is 24.9 Å². The standard InChI is InChI=1S/C26H30N2O5/c1-16-11-12-28(23(13-16)25(30)31)24(29)14-17(2)27-26(32)33-15-22-20-9-5-3-7-18(20)19-8-4-6-10-21(19)22/h3-10,16-17,22-23H,11-15H2,1-2H3,(H,27,32)(H,30,31)/t16?,17-,23?/m0/s1. The molecule has 7 heteroatoms. The van der Waals surface area contributed by atoms with Crippen LogP contribution in [-0.4, -0.2) is 53.2 Å². The summed E-state index contributed by atoms with van der Waals surface area (Å²) < 4.78 is 5.54. The van der Waals surface area contributed by atoms with Gasteiger partial charge in [-0.05, 0) is 47.9 Å². The normalized spacial score (nSPS) is 20.5. The summed E-state index contributed by atoms with van der Waals surface area (Å²) >= 11 is 0. The molecule has 2 aromatic rings. The monoisotopic (exact) mass is 450 g/mol. The van der Waals surface area contributed by atoms with Crippen LogP contribution < -0.4 is 5.32 Å². The molecule has 1 aliphatic heterocycles. The summed E-state index contributed by atoms with van der Waals surface area (Å²) in [7, 11) is 0. The number of carbonyl (C=O) groups excluding carboxylic acids is 2. The molecule has 0 bridgehead atoms. The first-order valence-corrected chi connectivity index (χ1v) is 11.5. The fraction of sp³-hybridized carbons (Fsp3) is 0.423. The first-order valence-electron chi connectivity index (χ1n) is 11.5. The van der Waals surface area contributed by atoms with E-state index in [9.17, 15) is 19.5 Å². The van der Waals surface area contributed by atoms with Crippen molar-refractivity contribution < 1.29 is 24.2 Å². The smallest absolute Gasteiger partial charge is 0.407 e. The quantitative estimate of drug-likeness (QED) is 0.693. The number of nitrogens with one attached hydrogen (secondary N) is 1. The van der Waals surface area contributed by atoms with Gasteiger partial charge in [-0.25, -0.2) is 9.59 Å². The van der Waals surface area contributed by atoms with E-state index in [1.165, 1.54) is 4.90 Å². The lowest BCUT2D eigenvalue weighted by molar-refractivity contribution is -0.153. The molecule has 33 heavy (non-hydrogen) atoms. The van der Waals surface area contributed by atoms with Crippen molar-refractivity contribution in [1.29, 1.82) is 0 Å². The van der Waals surface area contributed by atoms with Crippen molar-refractivity contribution in [3.05, 3.63) is 59.7 Å². The number of carboxylic acid groups (broad SMARTS) is 1. The van der Waals surface area contributed by atoms with Gasteiger partial charge in [0.25, 0.3) is 0 Å². The van der Waals surface area contributed by atoms with Crippen molar-refractivity contribution >= 4 is 18.0 Å². The van der Waals surface area contributed by atoms with Crippen LogP contribution in [0.3, 0.4) is 0 Å². The van der Waals surface area contributed by atoms with Gasteiger partial charge in [-0.2, -0.15) is 0 Å². The van der Waals surface area contributed by atoms with Crippen LogP contribution in [0, 0.1) is 5.92 Å². The predicted molar refractivity (Wildman–Crippen MR) is 124 cm³/mol. The van der Waals surface area contributed by atoms with Gasteiger partial charge in [-0.15, -0.1) is 0 Å². The molecule has 2 aromatic carbocycles. The van der Waals surface area contributed by atoms with Crippen LogP contribution in [0.5, 0.6) is 0 Å². The van der Waals surface area contributed by atoms with E-state index in [2.05, 4.69) is 29.6 Å². The van der Waals surface area contributed by atoms with Gasteiger partial charge in [-0.3, -0.25) is 4.79 Å². The summed E-state index contributed by atoms with van der Waals surface area (Å²) in [6, 6.07) is 15.0. The highest BCUT2D eigenvalue weighted by Gasteiger charge is 2.35. The number of piperidine rings is 1. The lowest BCUT2D eigenvalue weighted by Crippen LogP contribution is -2.51. The fourth-order valence-electron chi connectivity index (χ4n) is 4.95. The maximum absolute atomic E-state index is 12.7. The number of hydrogen-bond donors (Lipinski definition) is 2. The number of fused-ring (bicyclic) bond motifs is 3. The summed E-state index contributed by atoms with van der Waals surface area (Å²) in [5.41, 5.74) is 4.58. The molecule has 2 amide bonds. The Balaban J connectivity index is 1.32. The number of amides is 2. The van der Waals surface area contributed by atoms with Gasteiger partial charge >= 0.3 is 12.1 Å². The van der Waals surface area contributed by atoms with Crippen LogP contribution >= 0.6 is 0 Å². The number of aliphatic carboxylic acids is 1. The molecule has 0 radical (unpaired) electrons. The summed E-state index contributed by atoms with van der Waals surface area (Å²) in [4.78, 5) is 38.2. The van der Waals surface area contributed by atoms with Gasteiger partial charge in [0.15, 0.2) is 0 Å². The third kappa shape index (κ3) is 4.87. The SMILES string of the molecule is CC1CCN(C(=O)C[C@H](C)NC(=O)OCC2c3ccccc3-c3ccccc32)C(C(=O)O)C1. The number of ether oxygens (including phenoxy) is 1. The molecule has 4 rings (SSSR count). The number of likely N-dealkylation sites (tertiary alicyclic amines) is 1. The summed E-state index contributed by atoms with van der Waals surface area (Å²) in [6.45, 7) is 4.35. The maximum Gasteiger partial charge on any atom is 0.407 e. The van der Waals surface area contributed by atoms with Crippen LogP contribution in [0.1, 0.15) is 50.2 Å². The van der Waals surface area contributed by atoms with E-state index in [1.807, 2.05) is 31.2 Å². The number of benzene rings is 2. The van der Waals surface area contributed by atoms with E-state index < -0.39 is 24.1 Å². The zero-order valence-electron chi connectivity index (χ0n) is 19.0. The van der Waals surface area contributed by atoms with Crippen molar-refractivity contribution in [2.45, 2.75) is 51.1 Å². The molecule has 1 heterocycles. The minimum absolute atomic E-state index is 0.0301. The van der Waals surface area contributed by atoms with Crippen LogP contribution in [0.15, 0.2) is 48.5 Å². The number of nitrogens with zero attached hydrogens (tertiary/aromatic N) is 1. The number of rotatable bonds is 6. The largest absolute Gasteiger partial charge is 0.480 e. The maximum atomic E-state index is 12.7. The molecule has 2 aliphatic rings. The number of alkyl carbamates (subject to hydrolysis) is 1. The molecule has 1 aliphatic carbocycles. The van der Waals surface area contributed by atoms with Crippen molar-refractivity contribution in [3.8, 4) is 11.1 Å². The molecule has 2 unspecified atom stereocenters. The molecule has 0 spiro atoms. The minimum atomic E-state index is -0.980. The van der Waals surface area contributed by atoms with Crippen molar-refractivity contribution in [2.24, 2.45) is 5.92 Å². The zero-order valence-corrected chi connectivity index (χ0v) is 19.0. The Bertz CT molecular complexity index is 1010. The second kappa shape index (κ2) is 9.65. The summed E-state index contributed by atoms with van der Waals surface area (Å²) in [5, 5.41) is 12.2. The molecule has 0 aromatic heterocycles. The third-order valence-corrected chi connectivity index (χ3v) is 6.66. The molecule has 174 valence electrons. The van der Waals surface area contributed by atoms with Gasteiger partial charge < -0.3 is 20.1 Å². The van der Waals surface area contributed by atoms with Crippen LogP contribution in [0.25, 0.3) is 11.1 Å². The number of carboxylic acids is 1. The van der Waals surface area contributed by atoms with Crippen molar-refractivity contribution in [2.75, 3.05) is 13.2 Å². The highest BCUT2D eigenvalue weighted by molar-refractivity contribution is 5.84. The Morgan fingerprint density at radius 1 is 1.09 bits per heavy atom. The van der Waals surface area contributed by atoms with Gasteiger partial charge in [0.2, 0.25) is 5.91 Å².